The van der Waals surface area contributed by atoms with Gasteiger partial charge in [-0.3, -0.25) is 0 Å². The SMILES string of the molecule is CC(C)(C)c1ccc(-c2ccc([S-])c(-c3nc4ccccc4s3)c2)cc1.CC(C)(C)c1ccc(-c2ccc([S-])c(-c3nc4ccccc4s3)c2)cc1.CC(C)(C)c1ccc(-c2ccc([S-])c(-c3nc4ccccc4s3)c2)cc1.[Cl-].[Zn].[Zn]. The number of halogens is 1. The van der Waals surface area contributed by atoms with Crippen LogP contribution in [-0.4, -0.2) is 15.0 Å². The maximum absolute atomic E-state index is 5.58. The second kappa shape index (κ2) is 26.6. The summed E-state index contributed by atoms with van der Waals surface area (Å²) in [5.41, 5.74) is 17.9. The van der Waals surface area contributed by atoms with Crippen molar-refractivity contribution in [2.24, 2.45) is 0 Å². The van der Waals surface area contributed by atoms with Crippen molar-refractivity contribution in [1.29, 1.82) is 0 Å². The monoisotopic (exact) mass is 1290 g/mol. The third kappa shape index (κ3) is 15.0. The normalized spacial score (nSPS) is 11.4. The molecule has 0 saturated heterocycles. The summed E-state index contributed by atoms with van der Waals surface area (Å²) in [6.07, 6.45) is 0. The van der Waals surface area contributed by atoms with Gasteiger partial charge in [0, 0.05) is 39.0 Å². The fourth-order valence-corrected chi connectivity index (χ4v) is 12.9. The molecule has 12 heteroatoms. The minimum absolute atomic E-state index is 0. The molecule has 81 heavy (non-hydrogen) atoms. The van der Waals surface area contributed by atoms with Crippen molar-refractivity contribution >= 4 is 103 Å². The van der Waals surface area contributed by atoms with Crippen LogP contribution in [0.25, 0.3) is 95.7 Å². The molecule has 0 aliphatic rings. The van der Waals surface area contributed by atoms with Gasteiger partial charge in [0.2, 0.25) is 0 Å². The Bertz CT molecular complexity index is 3550. The van der Waals surface area contributed by atoms with Crippen molar-refractivity contribution in [2.75, 3.05) is 0 Å². The van der Waals surface area contributed by atoms with Gasteiger partial charge in [-0.1, -0.05) is 208 Å². The molecule has 0 aliphatic carbocycles. The van der Waals surface area contributed by atoms with E-state index in [-0.39, 0.29) is 67.6 Å². The zero-order valence-electron chi connectivity index (χ0n) is 47.1. The van der Waals surface area contributed by atoms with Gasteiger partial charge in [0.1, 0.15) is 15.0 Å². The molecule has 3 aromatic heterocycles. The van der Waals surface area contributed by atoms with E-state index < -0.39 is 0 Å². The molecule has 0 N–H and O–H groups in total. The predicted molar refractivity (Wildman–Crippen MR) is 344 cm³/mol. The minimum Gasteiger partial charge on any atom is -1.00 e. The van der Waals surface area contributed by atoms with E-state index in [1.54, 1.807) is 34.0 Å². The van der Waals surface area contributed by atoms with Gasteiger partial charge >= 0.3 is 0 Å². The van der Waals surface area contributed by atoms with E-state index in [9.17, 15) is 0 Å². The van der Waals surface area contributed by atoms with E-state index >= 15 is 0 Å². The molecular formula is C69H60ClN3S6Zn2-4. The van der Waals surface area contributed by atoms with Crippen LogP contribution in [0.2, 0.25) is 0 Å². The predicted octanol–water partition coefficient (Wildman–Crippen LogP) is 17.5. The van der Waals surface area contributed by atoms with E-state index in [4.69, 9.17) is 52.8 Å². The summed E-state index contributed by atoms with van der Waals surface area (Å²) in [5.74, 6) is 0. The summed E-state index contributed by atoms with van der Waals surface area (Å²) in [7, 11) is 0. The van der Waals surface area contributed by atoms with E-state index in [0.717, 1.165) is 62.9 Å². The molecule has 9 aromatic carbocycles. The fourth-order valence-electron chi connectivity index (χ4n) is 9.08. The molecule has 0 fully saturated rings. The number of para-hydroxylation sites is 3. The van der Waals surface area contributed by atoms with Crippen LogP contribution in [0.5, 0.6) is 0 Å². The molecule has 0 spiro atoms. The molecule has 0 saturated carbocycles. The van der Waals surface area contributed by atoms with E-state index in [0.29, 0.717) is 0 Å². The van der Waals surface area contributed by atoms with Gasteiger partial charge in [-0.15, -0.1) is 34.0 Å². The Balaban J connectivity index is 0.000000172. The Morgan fingerprint density at radius 1 is 0.296 bits per heavy atom. The summed E-state index contributed by atoms with van der Waals surface area (Å²) in [5, 5.41) is 2.97. The Morgan fingerprint density at radius 3 is 0.741 bits per heavy atom. The Hall–Kier alpha value is -5.15. The smallest absolute Gasteiger partial charge is 0.123 e. The van der Waals surface area contributed by atoms with Crippen molar-refractivity contribution in [3.8, 4) is 65.1 Å². The molecule has 0 bridgehead atoms. The van der Waals surface area contributed by atoms with Crippen molar-refractivity contribution < 1.29 is 51.4 Å². The molecule has 3 nitrogen and oxygen atoms in total. The van der Waals surface area contributed by atoms with Crippen LogP contribution in [0.4, 0.5) is 0 Å². The number of benzene rings is 9. The topological polar surface area (TPSA) is 38.7 Å². The third-order valence-electron chi connectivity index (χ3n) is 13.8. The molecule has 3 heterocycles. The second-order valence-corrected chi connectivity index (χ2v) is 27.0. The molecule has 0 amide bonds. The summed E-state index contributed by atoms with van der Waals surface area (Å²) < 4.78 is 3.57. The van der Waals surface area contributed by atoms with E-state index in [2.05, 4.69) is 190 Å². The van der Waals surface area contributed by atoms with Crippen LogP contribution in [0.1, 0.15) is 79.0 Å². The van der Waals surface area contributed by atoms with Crippen LogP contribution in [0.3, 0.4) is 0 Å². The summed E-state index contributed by atoms with van der Waals surface area (Å²) in [6, 6.07) is 70.0. The summed E-state index contributed by atoms with van der Waals surface area (Å²) in [6.45, 7) is 20.1. The van der Waals surface area contributed by atoms with Crippen LogP contribution in [0.15, 0.2) is 215 Å². The van der Waals surface area contributed by atoms with Crippen LogP contribution >= 0.6 is 34.0 Å². The Labute approximate surface area is 538 Å². The molecule has 12 rings (SSSR count). The molecular weight excluding hydrogens is 1230 g/mol. The van der Waals surface area contributed by atoms with Gasteiger partial charge in [0.25, 0.3) is 0 Å². The number of fused-ring (bicyclic) bond motifs is 3. The Morgan fingerprint density at radius 2 is 0.519 bits per heavy atom. The van der Waals surface area contributed by atoms with Crippen molar-refractivity contribution in [1.82, 2.24) is 15.0 Å². The quantitative estimate of drug-likeness (QED) is 0.122. The van der Waals surface area contributed by atoms with Gasteiger partial charge < -0.3 is 50.3 Å². The minimum atomic E-state index is 0. The number of hydrogen-bond acceptors (Lipinski definition) is 9. The molecule has 402 valence electrons. The molecule has 12 aromatic rings. The van der Waals surface area contributed by atoms with Crippen molar-refractivity contribution in [2.45, 2.75) is 93.2 Å². The van der Waals surface area contributed by atoms with Gasteiger partial charge in [-0.2, -0.15) is 14.7 Å². The van der Waals surface area contributed by atoms with E-state index in [1.165, 1.54) is 64.2 Å². The maximum atomic E-state index is 5.58. The van der Waals surface area contributed by atoms with Gasteiger partial charge in [-0.05, 0) is 138 Å². The number of rotatable bonds is 6. The van der Waals surface area contributed by atoms with Crippen LogP contribution in [-0.2, 0) is 93.1 Å². The molecule has 0 unspecified atom stereocenters. The van der Waals surface area contributed by atoms with Crippen molar-refractivity contribution in [3.63, 3.8) is 0 Å². The average molecular weight is 1290 g/mol. The van der Waals surface area contributed by atoms with E-state index in [1.807, 2.05) is 72.8 Å². The first-order valence-corrected chi connectivity index (χ1v) is 29.8. The Kier molecular flexibility index (Phi) is 20.8. The first-order chi connectivity index (χ1) is 37.2. The summed E-state index contributed by atoms with van der Waals surface area (Å²) in [4.78, 5) is 16.9. The van der Waals surface area contributed by atoms with Crippen LogP contribution < -0.4 is 12.4 Å². The molecule has 0 radical (unpaired) electrons. The zero-order valence-corrected chi connectivity index (χ0v) is 58.7. The average Bonchev–Trinajstić information content (AvgIpc) is 4.24. The summed E-state index contributed by atoms with van der Waals surface area (Å²) >= 11 is 21.8. The largest absolute Gasteiger partial charge is 1.00 e. The fraction of sp³-hybridized carbons (Fsp3) is 0.174. The van der Waals surface area contributed by atoms with Gasteiger partial charge in [0.05, 0.1) is 30.6 Å². The maximum Gasteiger partial charge on any atom is 0.123 e. The zero-order chi connectivity index (χ0) is 54.9. The first-order valence-electron chi connectivity index (χ1n) is 26.1. The number of nitrogens with zero attached hydrogens (tertiary/aromatic N) is 3. The van der Waals surface area contributed by atoms with Crippen molar-refractivity contribution in [3.05, 3.63) is 217 Å². The second-order valence-electron chi connectivity index (χ2n) is 22.6. The first kappa shape index (κ1) is 63.4. The number of aromatic nitrogens is 3. The number of hydrogen-bond donors (Lipinski definition) is 0. The molecule has 0 atom stereocenters. The number of thiazole rings is 3. The third-order valence-corrected chi connectivity index (χ3v) is 18.0. The standard InChI is InChI=1S/3C23H21NS2.ClH.2Zn/c3*1-23(2,3)17-11-8-15(9-12-17)16-10-13-20(25)18(14-16)22-24-19-6-4-5-7-21(19)26-22;;;/h3*4-14,25H,1-3H3;1H;;/p-4. The molecule has 0 aliphatic heterocycles. The van der Waals surface area contributed by atoms with Gasteiger partial charge in [-0.25, -0.2) is 15.0 Å². The van der Waals surface area contributed by atoms with Gasteiger partial charge in [0.15, 0.2) is 0 Å². The van der Waals surface area contributed by atoms with Crippen LogP contribution in [0, 0.1) is 0 Å².